The fourth-order valence-electron chi connectivity index (χ4n) is 1.75. The molecule has 5 heteroatoms. The van der Waals surface area contributed by atoms with Crippen LogP contribution in [0.3, 0.4) is 0 Å². The van der Waals surface area contributed by atoms with Crippen molar-refractivity contribution < 1.29 is 9.90 Å². The largest absolute Gasteiger partial charge is 0.507 e. The minimum atomic E-state index is -0.320. The summed E-state index contributed by atoms with van der Waals surface area (Å²) in [7, 11) is 0. The third-order valence-electron chi connectivity index (χ3n) is 2.88. The Kier molecular flexibility index (Phi) is 5.53. The quantitative estimate of drug-likeness (QED) is 0.649. The monoisotopic (exact) mass is 321 g/mol. The van der Waals surface area contributed by atoms with Crippen molar-refractivity contribution in [1.29, 1.82) is 0 Å². The molecule has 0 aliphatic rings. The summed E-state index contributed by atoms with van der Waals surface area (Å²) in [4.78, 5) is 13.1. The van der Waals surface area contributed by atoms with Crippen LogP contribution in [0.5, 0.6) is 5.75 Å². The van der Waals surface area contributed by atoms with E-state index in [1.165, 1.54) is 22.6 Å². The first-order chi connectivity index (χ1) is 10.1. The topological polar surface area (TPSA) is 49.3 Å². The first-order valence-corrected chi connectivity index (χ1v) is 7.89. The number of carbonyl (C=O) groups excluding carboxylic acids is 1. The van der Waals surface area contributed by atoms with Gasteiger partial charge in [0.1, 0.15) is 5.75 Å². The summed E-state index contributed by atoms with van der Waals surface area (Å²) in [6.45, 7) is 2.56. The lowest BCUT2D eigenvalue weighted by Crippen LogP contribution is -2.25. The molecule has 2 rings (SSSR count). The number of phenols is 1. The van der Waals surface area contributed by atoms with E-state index in [2.05, 4.69) is 29.6 Å². The number of rotatable bonds is 5. The molecule has 0 fully saturated rings. The molecule has 0 aromatic heterocycles. The Balaban J connectivity index is 1.81. The molecular weight excluding hydrogens is 306 g/mol. The summed E-state index contributed by atoms with van der Waals surface area (Å²) in [6, 6.07) is 12.7. The summed E-state index contributed by atoms with van der Waals surface area (Å²) in [6.07, 6.45) is 0. The first kappa shape index (κ1) is 15.7. The second-order valence-corrected chi connectivity index (χ2v) is 6.18. The van der Waals surface area contributed by atoms with Crippen LogP contribution < -0.4 is 5.32 Å². The van der Waals surface area contributed by atoms with Crippen LogP contribution >= 0.6 is 23.4 Å². The van der Waals surface area contributed by atoms with E-state index in [0.717, 1.165) is 5.75 Å². The van der Waals surface area contributed by atoms with Crippen molar-refractivity contribution in [2.24, 2.45) is 0 Å². The molecule has 1 amide bonds. The Labute approximate surface area is 133 Å². The number of aryl methyl sites for hydroxylation is 1. The number of carbonyl (C=O) groups is 1. The molecule has 0 aliphatic heterocycles. The van der Waals surface area contributed by atoms with Gasteiger partial charge in [-0.2, -0.15) is 0 Å². The molecule has 110 valence electrons. The fourth-order valence-corrected chi connectivity index (χ4v) is 2.69. The van der Waals surface area contributed by atoms with Crippen molar-refractivity contribution in [3.05, 3.63) is 58.6 Å². The summed E-state index contributed by atoms with van der Waals surface area (Å²) in [5.74, 6) is 0.374. The normalized spacial score (nSPS) is 10.4. The van der Waals surface area contributed by atoms with E-state index < -0.39 is 0 Å². The van der Waals surface area contributed by atoms with E-state index in [1.807, 2.05) is 6.92 Å². The van der Waals surface area contributed by atoms with Crippen LogP contribution in [0.4, 0.5) is 0 Å². The summed E-state index contributed by atoms with van der Waals surface area (Å²) >= 11 is 7.49. The maximum Gasteiger partial charge on any atom is 0.255 e. The zero-order valence-electron chi connectivity index (χ0n) is 11.6. The number of hydrogen-bond donors (Lipinski definition) is 2. The Morgan fingerprint density at radius 3 is 2.67 bits per heavy atom. The summed E-state index contributed by atoms with van der Waals surface area (Å²) < 4.78 is 0. The second kappa shape index (κ2) is 7.38. The molecule has 2 aromatic rings. The van der Waals surface area contributed by atoms with Gasteiger partial charge in [-0.1, -0.05) is 29.3 Å². The van der Waals surface area contributed by atoms with Crippen molar-refractivity contribution >= 4 is 29.3 Å². The van der Waals surface area contributed by atoms with Gasteiger partial charge in [-0.25, -0.2) is 0 Å². The molecule has 0 unspecified atom stereocenters. The highest BCUT2D eigenvalue weighted by molar-refractivity contribution is 7.99. The Bertz CT molecular complexity index is 629. The Hall–Kier alpha value is -1.65. The molecule has 0 saturated carbocycles. The third-order valence-corrected chi connectivity index (χ3v) is 4.13. The number of benzene rings is 2. The van der Waals surface area contributed by atoms with E-state index in [9.17, 15) is 9.90 Å². The molecule has 0 radical (unpaired) electrons. The molecule has 0 aliphatic carbocycles. The molecule has 0 bridgehead atoms. The van der Waals surface area contributed by atoms with Gasteiger partial charge in [0.2, 0.25) is 0 Å². The predicted octanol–water partition coefficient (Wildman–Crippen LogP) is 3.88. The third kappa shape index (κ3) is 4.69. The molecular formula is C16H16ClNO2S. The number of hydrogen-bond acceptors (Lipinski definition) is 3. The van der Waals surface area contributed by atoms with Crippen LogP contribution in [0, 0.1) is 6.92 Å². The van der Waals surface area contributed by atoms with Gasteiger partial charge in [-0.15, -0.1) is 11.8 Å². The molecule has 0 saturated heterocycles. The second-order valence-electron chi connectivity index (χ2n) is 4.58. The average molecular weight is 322 g/mol. The van der Waals surface area contributed by atoms with Crippen molar-refractivity contribution in [2.75, 3.05) is 12.3 Å². The molecule has 0 heterocycles. The van der Waals surface area contributed by atoms with Gasteiger partial charge < -0.3 is 10.4 Å². The standard InChI is InChI=1S/C16H16ClNO2S/c1-11-2-5-13(6-3-11)21-9-8-18-16(20)14-10-12(17)4-7-15(14)19/h2-7,10,19H,8-9H2,1H3,(H,18,20). The van der Waals surface area contributed by atoms with Crippen LogP contribution in [0.2, 0.25) is 5.02 Å². The summed E-state index contributed by atoms with van der Waals surface area (Å²) in [5, 5.41) is 12.8. The van der Waals surface area contributed by atoms with Gasteiger partial charge in [0.25, 0.3) is 5.91 Å². The fraction of sp³-hybridized carbons (Fsp3) is 0.188. The van der Waals surface area contributed by atoms with Crippen LogP contribution in [0.25, 0.3) is 0 Å². The maximum atomic E-state index is 11.9. The molecule has 21 heavy (non-hydrogen) atoms. The highest BCUT2D eigenvalue weighted by atomic mass is 35.5. The van der Waals surface area contributed by atoms with E-state index in [1.54, 1.807) is 17.8 Å². The SMILES string of the molecule is Cc1ccc(SCCNC(=O)c2cc(Cl)ccc2O)cc1. The van der Waals surface area contributed by atoms with Crippen molar-refractivity contribution in [3.8, 4) is 5.75 Å². The van der Waals surface area contributed by atoms with E-state index in [-0.39, 0.29) is 17.2 Å². The van der Waals surface area contributed by atoms with Crippen LogP contribution in [0.15, 0.2) is 47.4 Å². The van der Waals surface area contributed by atoms with Crippen LogP contribution in [-0.4, -0.2) is 23.3 Å². The number of halogens is 1. The van der Waals surface area contributed by atoms with Gasteiger partial charge in [0.15, 0.2) is 0 Å². The predicted molar refractivity (Wildman–Crippen MR) is 87.4 cm³/mol. The van der Waals surface area contributed by atoms with Crippen molar-refractivity contribution in [3.63, 3.8) is 0 Å². The maximum absolute atomic E-state index is 11.9. The summed E-state index contributed by atoms with van der Waals surface area (Å²) in [5.41, 5.74) is 1.42. The lowest BCUT2D eigenvalue weighted by molar-refractivity contribution is 0.0953. The van der Waals surface area contributed by atoms with Crippen molar-refractivity contribution in [2.45, 2.75) is 11.8 Å². The molecule has 2 N–H and O–H groups in total. The molecule has 3 nitrogen and oxygen atoms in total. The highest BCUT2D eigenvalue weighted by Gasteiger charge is 2.10. The minimum Gasteiger partial charge on any atom is -0.507 e. The van der Waals surface area contributed by atoms with Crippen LogP contribution in [0.1, 0.15) is 15.9 Å². The van der Waals surface area contributed by atoms with Gasteiger partial charge >= 0.3 is 0 Å². The average Bonchev–Trinajstić information content (AvgIpc) is 2.47. The van der Waals surface area contributed by atoms with Crippen LogP contribution in [-0.2, 0) is 0 Å². The van der Waals surface area contributed by atoms with Crippen molar-refractivity contribution in [1.82, 2.24) is 5.32 Å². The number of amides is 1. The lowest BCUT2D eigenvalue weighted by atomic mass is 10.2. The first-order valence-electron chi connectivity index (χ1n) is 6.52. The smallest absolute Gasteiger partial charge is 0.255 e. The Morgan fingerprint density at radius 2 is 1.95 bits per heavy atom. The van der Waals surface area contributed by atoms with Gasteiger partial charge in [-0.3, -0.25) is 4.79 Å². The number of thioether (sulfide) groups is 1. The number of nitrogens with one attached hydrogen (secondary N) is 1. The lowest BCUT2D eigenvalue weighted by Gasteiger charge is -2.07. The van der Waals surface area contributed by atoms with Gasteiger partial charge in [0.05, 0.1) is 5.56 Å². The van der Waals surface area contributed by atoms with Gasteiger partial charge in [-0.05, 0) is 37.3 Å². The minimum absolute atomic E-state index is 0.0666. The molecule has 2 aromatic carbocycles. The Morgan fingerprint density at radius 1 is 1.24 bits per heavy atom. The zero-order chi connectivity index (χ0) is 15.2. The van der Waals surface area contributed by atoms with E-state index >= 15 is 0 Å². The van der Waals surface area contributed by atoms with E-state index in [0.29, 0.717) is 11.6 Å². The zero-order valence-corrected chi connectivity index (χ0v) is 13.2. The highest BCUT2D eigenvalue weighted by Crippen LogP contribution is 2.21. The molecule has 0 spiro atoms. The molecule has 0 atom stereocenters. The number of phenolic OH excluding ortho intramolecular Hbond substituents is 1. The van der Waals surface area contributed by atoms with E-state index in [4.69, 9.17) is 11.6 Å². The number of aromatic hydroxyl groups is 1. The van der Waals surface area contributed by atoms with Gasteiger partial charge in [0, 0.05) is 22.2 Å².